The summed E-state index contributed by atoms with van der Waals surface area (Å²) >= 11 is 0. The Morgan fingerprint density at radius 3 is 2.42 bits per heavy atom. The van der Waals surface area contributed by atoms with E-state index >= 15 is 0 Å². The zero-order valence-corrected chi connectivity index (χ0v) is 25.6. The zero-order chi connectivity index (χ0) is 30.8. The Morgan fingerprint density at radius 2 is 1.70 bits per heavy atom. The monoisotopic (exact) mass is 609 g/mol. The fraction of sp³-hybridized carbons (Fsp3) is 0.375. The van der Waals surface area contributed by atoms with Gasteiger partial charge in [-0.05, 0) is 48.7 Å². The van der Waals surface area contributed by atoms with Crippen molar-refractivity contribution in [2.45, 2.75) is 45.7 Å². The molecule has 0 radical (unpaired) electrons. The van der Waals surface area contributed by atoms with Crippen LogP contribution in [0, 0.1) is 0 Å². The standard InChI is InChI=1S/C32H39N3O7S/c1-4-6-17-33-32(37)28(19-24-11-8-7-9-12-24)34(21-25-13-10-14-27(18-25)40-3)31(36)22-35(43(38,39)5-2)26-15-16-29-30(20-26)42-23-41-29/h7-16,18,20,28H,4-6,17,19,21-23H2,1-3H3,(H,33,37)/t28-/m1/s1. The van der Waals surface area contributed by atoms with Gasteiger partial charge in [-0.3, -0.25) is 13.9 Å². The molecule has 0 spiro atoms. The van der Waals surface area contributed by atoms with E-state index in [1.54, 1.807) is 37.4 Å². The van der Waals surface area contributed by atoms with E-state index in [1.165, 1.54) is 11.8 Å². The van der Waals surface area contributed by atoms with Gasteiger partial charge in [0.2, 0.25) is 28.6 Å². The number of benzene rings is 3. The third kappa shape index (κ3) is 8.19. The third-order valence-corrected chi connectivity index (χ3v) is 8.95. The lowest BCUT2D eigenvalue weighted by molar-refractivity contribution is -0.140. The van der Waals surface area contributed by atoms with Gasteiger partial charge in [0, 0.05) is 25.6 Å². The molecule has 0 saturated carbocycles. The highest BCUT2D eigenvalue weighted by Gasteiger charge is 2.34. The fourth-order valence-corrected chi connectivity index (χ4v) is 5.84. The van der Waals surface area contributed by atoms with E-state index in [-0.39, 0.29) is 37.1 Å². The summed E-state index contributed by atoms with van der Waals surface area (Å²) in [5, 5.41) is 2.98. The summed E-state index contributed by atoms with van der Waals surface area (Å²) in [6.07, 6.45) is 1.94. The highest BCUT2D eigenvalue weighted by molar-refractivity contribution is 7.92. The first-order valence-corrected chi connectivity index (χ1v) is 16.0. The summed E-state index contributed by atoms with van der Waals surface area (Å²) in [6.45, 7) is 3.61. The van der Waals surface area contributed by atoms with Gasteiger partial charge in [-0.15, -0.1) is 0 Å². The molecule has 0 aliphatic carbocycles. The number of fused-ring (bicyclic) bond motifs is 1. The highest BCUT2D eigenvalue weighted by Crippen LogP contribution is 2.36. The smallest absolute Gasteiger partial charge is 0.244 e. The summed E-state index contributed by atoms with van der Waals surface area (Å²) in [4.78, 5) is 29.5. The first-order valence-electron chi connectivity index (χ1n) is 14.4. The van der Waals surface area contributed by atoms with E-state index in [1.807, 2.05) is 49.4 Å². The number of rotatable bonds is 15. The van der Waals surface area contributed by atoms with Crippen LogP contribution in [0.25, 0.3) is 0 Å². The highest BCUT2D eigenvalue weighted by atomic mass is 32.2. The number of carbonyl (C=O) groups is 2. The number of methoxy groups -OCH3 is 1. The second-order valence-corrected chi connectivity index (χ2v) is 12.3. The molecular weight excluding hydrogens is 570 g/mol. The number of hydrogen-bond donors (Lipinski definition) is 1. The van der Waals surface area contributed by atoms with Gasteiger partial charge < -0.3 is 24.4 Å². The van der Waals surface area contributed by atoms with Crippen LogP contribution < -0.4 is 23.8 Å². The van der Waals surface area contributed by atoms with Crippen molar-refractivity contribution >= 4 is 27.5 Å². The maximum absolute atomic E-state index is 14.3. The Kier molecular flexibility index (Phi) is 10.9. The lowest BCUT2D eigenvalue weighted by Gasteiger charge is -2.34. The van der Waals surface area contributed by atoms with Gasteiger partial charge in [0.25, 0.3) is 0 Å². The van der Waals surface area contributed by atoms with Gasteiger partial charge in [-0.25, -0.2) is 8.42 Å². The Labute approximate surface area is 253 Å². The maximum atomic E-state index is 14.3. The average Bonchev–Trinajstić information content (AvgIpc) is 3.50. The predicted octanol–water partition coefficient (Wildman–Crippen LogP) is 4.14. The lowest BCUT2D eigenvalue weighted by Crippen LogP contribution is -2.53. The average molecular weight is 610 g/mol. The minimum atomic E-state index is -3.90. The van der Waals surface area contributed by atoms with Crippen molar-refractivity contribution in [2.24, 2.45) is 0 Å². The topological polar surface area (TPSA) is 114 Å². The number of amides is 2. The molecule has 3 aromatic carbocycles. The van der Waals surface area contributed by atoms with Gasteiger partial charge in [-0.1, -0.05) is 55.8 Å². The number of nitrogens with one attached hydrogen (secondary N) is 1. The summed E-state index contributed by atoms with van der Waals surface area (Å²) in [5.74, 6) is 0.440. The van der Waals surface area contributed by atoms with Crippen molar-refractivity contribution in [3.63, 3.8) is 0 Å². The van der Waals surface area contributed by atoms with Gasteiger partial charge in [-0.2, -0.15) is 0 Å². The number of carbonyl (C=O) groups excluding carboxylic acids is 2. The van der Waals surface area contributed by atoms with Crippen LogP contribution >= 0.6 is 0 Å². The normalized spacial score (nSPS) is 12.8. The van der Waals surface area contributed by atoms with Gasteiger partial charge >= 0.3 is 0 Å². The molecule has 2 amide bonds. The quantitative estimate of drug-likeness (QED) is 0.258. The molecule has 43 heavy (non-hydrogen) atoms. The molecule has 230 valence electrons. The van der Waals surface area contributed by atoms with Crippen LogP contribution in [-0.2, 0) is 32.6 Å². The molecule has 11 heteroatoms. The summed E-state index contributed by atoms with van der Waals surface area (Å²) < 4.78 is 44.0. The lowest BCUT2D eigenvalue weighted by atomic mass is 10.0. The Hall–Kier alpha value is -4.25. The van der Waals surface area contributed by atoms with Gasteiger partial charge in [0.05, 0.1) is 18.6 Å². The maximum Gasteiger partial charge on any atom is 0.244 e. The van der Waals surface area contributed by atoms with Crippen LogP contribution in [0.5, 0.6) is 17.2 Å². The van der Waals surface area contributed by atoms with Crippen molar-refractivity contribution in [1.82, 2.24) is 10.2 Å². The molecule has 10 nitrogen and oxygen atoms in total. The largest absolute Gasteiger partial charge is 0.497 e. The number of nitrogens with zero attached hydrogens (tertiary/aromatic N) is 2. The molecule has 1 N–H and O–H groups in total. The van der Waals surface area contributed by atoms with E-state index in [9.17, 15) is 18.0 Å². The van der Waals surface area contributed by atoms with Crippen LogP contribution in [-0.4, -0.2) is 63.9 Å². The van der Waals surface area contributed by atoms with Crippen LogP contribution in [0.2, 0.25) is 0 Å². The molecule has 0 saturated heterocycles. The van der Waals surface area contributed by atoms with E-state index in [0.717, 1.165) is 28.3 Å². The molecule has 1 aliphatic rings. The molecule has 0 aromatic heterocycles. The number of sulfonamides is 1. The van der Waals surface area contributed by atoms with Crippen molar-refractivity contribution in [2.75, 3.05) is 37.1 Å². The van der Waals surface area contributed by atoms with Crippen LogP contribution in [0.1, 0.15) is 37.8 Å². The van der Waals surface area contributed by atoms with Gasteiger partial charge in [0.15, 0.2) is 11.5 Å². The van der Waals surface area contributed by atoms with Crippen molar-refractivity contribution in [1.29, 1.82) is 0 Å². The molecule has 4 rings (SSSR count). The minimum Gasteiger partial charge on any atom is -0.497 e. The number of hydrogen-bond acceptors (Lipinski definition) is 7. The Balaban J connectivity index is 1.74. The molecule has 0 unspecified atom stereocenters. The number of unbranched alkanes of at least 4 members (excludes halogenated alkanes) is 1. The molecule has 1 heterocycles. The molecule has 0 bridgehead atoms. The van der Waals surface area contributed by atoms with E-state index in [0.29, 0.717) is 23.8 Å². The molecule has 3 aromatic rings. The predicted molar refractivity (Wildman–Crippen MR) is 165 cm³/mol. The van der Waals surface area contributed by atoms with E-state index in [2.05, 4.69) is 5.32 Å². The molecular formula is C32H39N3O7S. The first-order chi connectivity index (χ1) is 20.7. The summed E-state index contributed by atoms with van der Waals surface area (Å²) in [7, 11) is -2.34. The van der Waals surface area contributed by atoms with E-state index < -0.39 is 28.5 Å². The van der Waals surface area contributed by atoms with Crippen LogP contribution in [0.3, 0.4) is 0 Å². The number of ether oxygens (including phenoxy) is 3. The second-order valence-electron chi connectivity index (χ2n) is 10.2. The zero-order valence-electron chi connectivity index (χ0n) is 24.8. The molecule has 1 atom stereocenters. The number of anilines is 1. The SMILES string of the molecule is CCCCNC(=O)[C@@H](Cc1ccccc1)N(Cc1cccc(OC)c1)C(=O)CN(c1ccc2c(c1)OCO2)S(=O)(=O)CC. The van der Waals surface area contributed by atoms with Crippen molar-refractivity contribution < 1.29 is 32.2 Å². The van der Waals surface area contributed by atoms with Gasteiger partial charge in [0.1, 0.15) is 18.3 Å². The van der Waals surface area contributed by atoms with Crippen LogP contribution in [0.4, 0.5) is 5.69 Å². The van der Waals surface area contributed by atoms with Crippen molar-refractivity contribution in [3.05, 3.63) is 83.9 Å². The van der Waals surface area contributed by atoms with E-state index in [4.69, 9.17) is 14.2 Å². The van der Waals surface area contributed by atoms with Crippen LogP contribution in [0.15, 0.2) is 72.8 Å². The molecule has 1 aliphatic heterocycles. The third-order valence-electron chi connectivity index (χ3n) is 7.21. The Morgan fingerprint density at radius 1 is 0.953 bits per heavy atom. The second kappa shape index (κ2) is 14.8. The minimum absolute atomic E-state index is 0.0286. The molecule has 0 fully saturated rings. The van der Waals surface area contributed by atoms with Crippen molar-refractivity contribution in [3.8, 4) is 17.2 Å². The summed E-state index contributed by atoms with van der Waals surface area (Å²) in [5.41, 5.74) is 1.88. The first kappa shape index (κ1) is 31.7. The summed E-state index contributed by atoms with van der Waals surface area (Å²) in [6, 6.07) is 20.6. The Bertz CT molecular complexity index is 1500. The fourth-order valence-electron chi connectivity index (χ4n) is 4.79.